The van der Waals surface area contributed by atoms with E-state index in [0.717, 1.165) is 0 Å². The minimum Gasteiger partial charge on any atom is -0.461 e. The Morgan fingerprint density at radius 1 is 1.38 bits per heavy atom. The van der Waals surface area contributed by atoms with E-state index in [0.29, 0.717) is 0 Å². The molecule has 1 rings (SSSR count). The highest BCUT2D eigenvalue weighted by molar-refractivity contribution is 6.32. The molecule has 0 aromatic carbocycles. The zero-order chi connectivity index (χ0) is 10.3. The number of nitrogens with two attached hydrogens (primary N) is 2. The fourth-order valence-electron chi connectivity index (χ4n) is 0.477. The first-order chi connectivity index (χ1) is 6.07. The SMILES string of the molecule is NC(N)=O.O=CC(=O)c1ccco1. The quantitative estimate of drug-likeness (QED) is 0.372. The molecule has 0 radical (unpaired) electrons. The fraction of sp³-hybridized carbons (Fsp3) is 0. The van der Waals surface area contributed by atoms with Crippen LogP contribution in [0.3, 0.4) is 0 Å². The van der Waals surface area contributed by atoms with Gasteiger partial charge in [-0.05, 0) is 12.1 Å². The van der Waals surface area contributed by atoms with Gasteiger partial charge < -0.3 is 15.9 Å². The summed E-state index contributed by atoms with van der Waals surface area (Å²) in [6.07, 6.45) is 1.57. The second kappa shape index (κ2) is 5.53. The number of carbonyl (C=O) groups is 3. The first-order valence-electron chi connectivity index (χ1n) is 3.16. The molecule has 0 bridgehead atoms. The predicted molar refractivity (Wildman–Crippen MR) is 42.9 cm³/mol. The molecule has 2 amide bonds. The predicted octanol–water partition coefficient (Wildman–Crippen LogP) is -0.315. The lowest BCUT2D eigenvalue weighted by atomic mass is 10.3. The number of carbonyl (C=O) groups excluding carboxylic acids is 3. The maximum atomic E-state index is 10.4. The Labute approximate surface area is 73.5 Å². The molecule has 0 aliphatic heterocycles. The summed E-state index contributed by atoms with van der Waals surface area (Å²) in [5.41, 5.74) is 8.50. The summed E-state index contributed by atoms with van der Waals surface area (Å²) in [4.78, 5) is 29.2. The molecule has 0 atom stereocenters. The van der Waals surface area contributed by atoms with E-state index in [-0.39, 0.29) is 12.0 Å². The van der Waals surface area contributed by atoms with Crippen molar-refractivity contribution in [2.45, 2.75) is 0 Å². The van der Waals surface area contributed by atoms with E-state index in [1.54, 1.807) is 6.07 Å². The number of rotatable bonds is 2. The second-order valence-corrected chi connectivity index (χ2v) is 1.86. The molecule has 70 valence electrons. The molecule has 0 saturated carbocycles. The highest BCUT2D eigenvalue weighted by atomic mass is 16.3. The highest BCUT2D eigenvalue weighted by Crippen LogP contribution is 1.98. The first-order valence-corrected chi connectivity index (χ1v) is 3.16. The Morgan fingerprint density at radius 3 is 2.23 bits per heavy atom. The van der Waals surface area contributed by atoms with Crippen LogP contribution in [0.1, 0.15) is 10.6 Å². The van der Waals surface area contributed by atoms with Crippen LogP contribution in [0.15, 0.2) is 22.8 Å². The number of hydrogen-bond acceptors (Lipinski definition) is 4. The number of primary amides is 2. The summed E-state index contributed by atoms with van der Waals surface area (Å²) in [6.45, 7) is 0. The smallest absolute Gasteiger partial charge is 0.309 e. The molecule has 1 heterocycles. The molecule has 6 nitrogen and oxygen atoms in total. The van der Waals surface area contributed by atoms with Crippen LogP contribution in [-0.4, -0.2) is 18.1 Å². The van der Waals surface area contributed by atoms with Gasteiger partial charge in [0.05, 0.1) is 6.26 Å². The van der Waals surface area contributed by atoms with Crippen molar-refractivity contribution < 1.29 is 18.8 Å². The van der Waals surface area contributed by atoms with Gasteiger partial charge in [0, 0.05) is 0 Å². The summed E-state index contributed by atoms with van der Waals surface area (Å²) in [5.74, 6) is -0.537. The van der Waals surface area contributed by atoms with E-state index in [1.807, 2.05) is 0 Å². The second-order valence-electron chi connectivity index (χ2n) is 1.86. The van der Waals surface area contributed by atoms with Crippen LogP contribution in [0.2, 0.25) is 0 Å². The Bertz CT molecular complexity index is 287. The molecule has 0 saturated heterocycles. The van der Waals surface area contributed by atoms with Crippen LogP contribution >= 0.6 is 0 Å². The van der Waals surface area contributed by atoms with E-state index in [1.165, 1.54) is 12.3 Å². The van der Waals surface area contributed by atoms with Gasteiger partial charge in [0.2, 0.25) is 0 Å². The number of Topliss-reactive ketones (excluding diaryl/α,β-unsaturated/α-hetero) is 1. The zero-order valence-electron chi connectivity index (χ0n) is 6.60. The van der Waals surface area contributed by atoms with Crippen molar-refractivity contribution in [3.05, 3.63) is 24.2 Å². The molecule has 1 aromatic rings. The van der Waals surface area contributed by atoms with Crippen LogP contribution in [0.5, 0.6) is 0 Å². The van der Waals surface area contributed by atoms with Crippen molar-refractivity contribution in [2.75, 3.05) is 0 Å². The molecular weight excluding hydrogens is 176 g/mol. The summed E-state index contributed by atoms with van der Waals surface area (Å²) >= 11 is 0. The molecule has 0 spiro atoms. The summed E-state index contributed by atoms with van der Waals surface area (Å²) < 4.78 is 4.61. The number of ketones is 1. The number of aldehydes is 1. The van der Waals surface area contributed by atoms with Gasteiger partial charge in [-0.2, -0.15) is 0 Å². The van der Waals surface area contributed by atoms with Crippen molar-refractivity contribution in [3.8, 4) is 0 Å². The average molecular weight is 184 g/mol. The number of hydrogen-bond donors (Lipinski definition) is 2. The number of furan rings is 1. The van der Waals surface area contributed by atoms with Crippen LogP contribution < -0.4 is 11.5 Å². The third kappa shape index (κ3) is 5.19. The molecule has 0 fully saturated rings. The van der Waals surface area contributed by atoms with Crippen molar-refractivity contribution in [1.82, 2.24) is 0 Å². The standard InChI is InChI=1S/C6H4O3.CH4N2O/c7-4-5(8)6-2-1-3-9-6;2-1(3)4/h1-4H;(H4,2,3,4). The van der Waals surface area contributed by atoms with E-state index in [9.17, 15) is 9.59 Å². The van der Waals surface area contributed by atoms with Gasteiger partial charge in [-0.3, -0.25) is 9.59 Å². The molecule has 4 N–H and O–H groups in total. The molecule has 0 unspecified atom stereocenters. The maximum absolute atomic E-state index is 10.4. The third-order valence-electron chi connectivity index (χ3n) is 0.871. The highest BCUT2D eigenvalue weighted by Gasteiger charge is 2.04. The topological polar surface area (TPSA) is 116 Å². The minimum atomic E-state index is -0.833. The largest absolute Gasteiger partial charge is 0.461 e. The van der Waals surface area contributed by atoms with Gasteiger partial charge in [0.25, 0.3) is 5.78 Å². The zero-order valence-corrected chi connectivity index (χ0v) is 6.60. The Hall–Kier alpha value is -2.11. The van der Waals surface area contributed by atoms with Gasteiger partial charge in [0.1, 0.15) is 0 Å². The van der Waals surface area contributed by atoms with Crippen LogP contribution in [0.4, 0.5) is 4.79 Å². The molecule has 0 aliphatic carbocycles. The Morgan fingerprint density at radius 2 is 1.92 bits per heavy atom. The van der Waals surface area contributed by atoms with Crippen molar-refractivity contribution in [1.29, 1.82) is 0 Å². The van der Waals surface area contributed by atoms with Gasteiger partial charge in [-0.1, -0.05) is 0 Å². The van der Waals surface area contributed by atoms with E-state index in [4.69, 9.17) is 4.79 Å². The van der Waals surface area contributed by atoms with Crippen molar-refractivity contribution >= 4 is 18.1 Å². The fourth-order valence-corrected chi connectivity index (χ4v) is 0.477. The normalized spacial score (nSPS) is 8.00. The van der Waals surface area contributed by atoms with Crippen molar-refractivity contribution in [2.24, 2.45) is 11.5 Å². The minimum absolute atomic E-state index is 0.0880. The summed E-state index contributed by atoms with van der Waals surface area (Å²) in [5, 5.41) is 0. The third-order valence-corrected chi connectivity index (χ3v) is 0.871. The van der Waals surface area contributed by atoms with Gasteiger partial charge >= 0.3 is 6.03 Å². The van der Waals surface area contributed by atoms with Crippen LogP contribution in [0, 0.1) is 0 Å². The van der Waals surface area contributed by atoms with Gasteiger partial charge in [0.15, 0.2) is 12.0 Å². The molecular formula is C7H8N2O4. The lowest BCUT2D eigenvalue weighted by Gasteiger charge is -1.79. The van der Waals surface area contributed by atoms with E-state index in [2.05, 4.69) is 15.9 Å². The molecule has 1 aromatic heterocycles. The monoisotopic (exact) mass is 184 g/mol. The number of urea groups is 1. The van der Waals surface area contributed by atoms with Gasteiger partial charge in [-0.25, -0.2) is 4.79 Å². The van der Waals surface area contributed by atoms with Crippen LogP contribution in [-0.2, 0) is 4.79 Å². The molecule has 0 aliphatic rings. The average Bonchev–Trinajstić information content (AvgIpc) is 2.54. The molecule has 13 heavy (non-hydrogen) atoms. The Kier molecular flexibility index (Phi) is 4.63. The maximum Gasteiger partial charge on any atom is 0.309 e. The van der Waals surface area contributed by atoms with E-state index >= 15 is 0 Å². The molecule has 6 heteroatoms. The lowest BCUT2D eigenvalue weighted by molar-refractivity contribution is -0.104. The van der Waals surface area contributed by atoms with Crippen LogP contribution in [0.25, 0.3) is 0 Å². The lowest BCUT2D eigenvalue weighted by Crippen LogP contribution is -2.18. The van der Waals surface area contributed by atoms with Gasteiger partial charge in [-0.15, -0.1) is 0 Å². The Balaban J connectivity index is 0.000000310. The summed E-state index contributed by atoms with van der Waals surface area (Å²) in [6, 6.07) is 2.16. The van der Waals surface area contributed by atoms with E-state index < -0.39 is 11.8 Å². The summed E-state index contributed by atoms with van der Waals surface area (Å²) in [7, 11) is 0. The van der Waals surface area contributed by atoms with Crippen molar-refractivity contribution in [3.63, 3.8) is 0 Å². The number of amides is 2. The first kappa shape index (κ1) is 10.9.